The molecule has 0 aliphatic carbocycles. The molecule has 0 saturated heterocycles. The second-order valence-corrected chi connectivity index (χ2v) is 5.14. The average molecular weight is 343 g/mol. The molecule has 0 aliphatic heterocycles. The van der Waals surface area contributed by atoms with Gasteiger partial charge in [0.1, 0.15) is 17.6 Å². The lowest BCUT2D eigenvalue weighted by atomic mass is 10.2. The van der Waals surface area contributed by atoms with Crippen LogP contribution < -0.4 is 0 Å². The molecule has 0 N–H and O–H groups in total. The quantitative estimate of drug-likeness (QED) is 0.713. The smallest absolute Gasteiger partial charge is 0.125 e. The van der Waals surface area contributed by atoms with Crippen molar-refractivity contribution in [2.24, 2.45) is 0 Å². The molecular formula is C15H8BrFN4. The molecule has 102 valence electrons. The van der Waals surface area contributed by atoms with Gasteiger partial charge in [0.25, 0.3) is 0 Å². The molecule has 0 unspecified atom stereocenters. The molecular weight excluding hydrogens is 335 g/mol. The van der Waals surface area contributed by atoms with E-state index in [1.54, 1.807) is 35.1 Å². The molecule has 21 heavy (non-hydrogen) atoms. The summed E-state index contributed by atoms with van der Waals surface area (Å²) in [7, 11) is 0. The van der Waals surface area contributed by atoms with E-state index in [1.165, 1.54) is 18.3 Å². The first-order chi connectivity index (χ1) is 10.2. The molecule has 4 nitrogen and oxygen atoms in total. The molecule has 0 radical (unpaired) electrons. The molecule has 0 bridgehead atoms. The van der Waals surface area contributed by atoms with Gasteiger partial charge in [0.2, 0.25) is 0 Å². The molecule has 3 aromatic rings. The van der Waals surface area contributed by atoms with Crippen LogP contribution in [-0.4, -0.2) is 14.8 Å². The average Bonchev–Trinajstić information content (AvgIpc) is 2.90. The first kappa shape index (κ1) is 13.5. The van der Waals surface area contributed by atoms with E-state index in [0.717, 1.165) is 10.2 Å². The number of aromatic nitrogens is 3. The van der Waals surface area contributed by atoms with E-state index in [2.05, 4.69) is 26.0 Å². The molecule has 0 atom stereocenters. The lowest BCUT2D eigenvalue weighted by Crippen LogP contribution is -1.95. The predicted molar refractivity (Wildman–Crippen MR) is 79.2 cm³/mol. The van der Waals surface area contributed by atoms with E-state index in [-0.39, 0.29) is 5.82 Å². The second-order valence-electron chi connectivity index (χ2n) is 4.29. The highest BCUT2D eigenvalue weighted by molar-refractivity contribution is 9.10. The van der Waals surface area contributed by atoms with Crippen LogP contribution in [0.25, 0.3) is 17.1 Å². The summed E-state index contributed by atoms with van der Waals surface area (Å²) in [6.45, 7) is 0. The number of rotatable bonds is 2. The van der Waals surface area contributed by atoms with Crippen molar-refractivity contribution in [1.82, 2.24) is 14.8 Å². The number of hydrogen-bond donors (Lipinski definition) is 0. The van der Waals surface area contributed by atoms with Gasteiger partial charge in [-0.25, -0.2) is 9.07 Å². The molecule has 2 aromatic heterocycles. The van der Waals surface area contributed by atoms with Crippen LogP contribution in [0.5, 0.6) is 0 Å². The Labute approximate surface area is 128 Å². The van der Waals surface area contributed by atoms with Gasteiger partial charge >= 0.3 is 0 Å². The third kappa shape index (κ3) is 2.69. The van der Waals surface area contributed by atoms with Crippen LogP contribution in [0.3, 0.4) is 0 Å². The lowest BCUT2D eigenvalue weighted by Gasteiger charge is -2.00. The molecule has 1 aromatic carbocycles. The summed E-state index contributed by atoms with van der Waals surface area (Å²) in [4.78, 5) is 4.21. The van der Waals surface area contributed by atoms with Gasteiger partial charge in [-0.1, -0.05) is 0 Å². The molecule has 0 fully saturated rings. The third-order valence-corrected chi connectivity index (χ3v) is 3.48. The minimum absolute atomic E-state index is 0.293. The molecule has 0 saturated carbocycles. The first-order valence-corrected chi connectivity index (χ1v) is 6.84. The molecule has 0 aliphatic rings. The zero-order valence-corrected chi connectivity index (χ0v) is 12.2. The zero-order valence-electron chi connectivity index (χ0n) is 10.7. The predicted octanol–water partition coefficient (Wildman–Crippen LogP) is 3.71. The van der Waals surface area contributed by atoms with E-state index in [1.807, 2.05) is 6.07 Å². The Hall–Kier alpha value is -2.52. The third-order valence-electron chi connectivity index (χ3n) is 2.90. The summed E-state index contributed by atoms with van der Waals surface area (Å²) in [6, 6.07) is 11.5. The highest BCUT2D eigenvalue weighted by Crippen LogP contribution is 2.26. The van der Waals surface area contributed by atoms with Gasteiger partial charge in [-0.05, 0) is 52.3 Å². The van der Waals surface area contributed by atoms with Crippen molar-refractivity contribution < 1.29 is 4.39 Å². The number of pyridine rings is 1. The van der Waals surface area contributed by atoms with Crippen LogP contribution >= 0.6 is 15.9 Å². The largest absolute Gasteiger partial charge is 0.253 e. The maximum Gasteiger partial charge on any atom is 0.125 e. The minimum atomic E-state index is -0.293. The van der Waals surface area contributed by atoms with Gasteiger partial charge in [-0.2, -0.15) is 10.4 Å². The summed E-state index contributed by atoms with van der Waals surface area (Å²) < 4.78 is 15.4. The monoisotopic (exact) mass is 342 g/mol. The Morgan fingerprint density at radius 3 is 2.52 bits per heavy atom. The van der Waals surface area contributed by atoms with Crippen LogP contribution in [0.1, 0.15) is 5.56 Å². The Morgan fingerprint density at radius 1 is 1.14 bits per heavy atom. The van der Waals surface area contributed by atoms with Gasteiger partial charge in [0.05, 0.1) is 21.4 Å². The van der Waals surface area contributed by atoms with E-state index < -0.39 is 0 Å². The Morgan fingerprint density at radius 2 is 1.90 bits per heavy atom. The molecule has 3 rings (SSSR count). The van der Waals surface area contributed by atoms with E-state index >= 15 is 0 Å². The van der Waals surface area contributed by atoms with Crippen molar-refractivity contribution in [3.05, 3.63) is 64.6 Å². The number of benzene rings is 1. The van der Waals surface area contributed by atoms with Crippen molar-refractivity contribution in [2.75, 3.05) is 0 Å². The van der Waals surface area contributed by atoms with Crippen LogP contribution in [0.15, 0.2) is 53.3 Å². The number of halogens is 2. The van der Waals surface area contributed by atoms with Gasteiger partial charge in [0.15, 0.2) is 0 Å². The normalized spacial score (nSPS) is 10.3. The maximum absolute atomic E-state index is 12.9. The minimum Gasteiger partial charge on any atom is -0.253 e. The van der Waals surface area contributed by atoms with E-state index in [9.17, 15) is 4.39 Å². The molecule has 2 heterocycles. The second kappa shape index (κ2) is 5.46. The fourth-order valence-electron chi connectivity index (χ4n) is 1.85. The lowest BCUT2D eigenvalue weighted by molar-refractivity contribution is 0.627. The number of nitriles is 1. The van der Waals surface area contributed by atoms with E-state index in [0.29, 0.717) is 17.0 Å². The molecule has 0 amide bonds. The topological polar surface area (TPSA) is 54.5 Å². The maximum atomic E-state index is 12.9. The standard InChI is InChI=1S/C15H8BrFN4/c16-13-9-21(12-4-2-11(17)3-5-12)20-15(13)14-6-1-10(7-18)8-19-14/h1-6,8-9H. The molecule has 6 heteroatoms. The highest BCUT2D eigenvalue weighted by Gasteiger charge is 2.11. The van der Waals surface area contributed by atoms with Gasteiger partial charge < -0.3 is 0 Å². The number of nitrogens with zero attached hydrogens (tertiary/aromatic N) is 4. The summed E-state index contributed by atoms with van der Waals surface area (Å²) in [5, 5.41) is 13.2. The van der Waals surface area contributed by atoms with Crippen molar-refractivity contribution in [3.63, 3.8) is 0 Å². The fraction of sp³-hybridized carbons (Fsp3) is 0. The van der Waals surface area contributed by atoms with Gasteiger partial charge in [-0.15, -0.1) is 0 Å². The number of hydrogen-bond acceptors (Lipinski definition) is 3. The first-order valence-electron chi connectivity index (χ1n) is 6.05. The van der Waals surface area contributed by atoms with Crippen LogP contribution in [0, 0.1) is 17.1 Å². The van der Waals surface area contributed by atoms with Gasteiger partial charge in [0, 0.05) is 12.4 Å². The summed E-state index contributed by atoms with van der Waals surface area (Å²) in [5.74, 6) is -0.293. The Kier molecular flexibility index (Phi) is 3.50. The van der Waals surface area contributed by atoms with Crippen LogP contribution in [-0.2, 0) is 0 Å². The van der Waals surface area contributed by atoms with Crippen molar-refractivity contribution in [3.8, 4) is 23.1 Å². The molecule has 0 spiro atoms. The summed E-state index contributed by atoms with van der Waals surface area (Å²) in [6.07, 6.45) is 3.28. The zero-order chi connectivity index (χ0) is 14.8. The van der Waals surface area contributed by atoms with Crippen LogP contribution in [0.2, 0.25) is 0 Å². The van der Waals surface area contributed by atoms with Gasteiger partial charge in [-0.3, -0.25) is 4.98 Å². The Bertz CT molecular complexity index is 816. The SMILES string of the molecule is N#Cc1ccc(-c2nn(-c3ccc(F)cc3)cc2Br)nc1. The Balaban J connectivity index is 2.01. The fourth-order valence-corrected chi connectivity index (χ4v) is 2.33. The summed E-state index contributed by atoms with van der Waals surface area (Å²) in [5.41, 5.74) is 2.55. The highest BCUT2D eigenvalue weighted by atomic mass is 79.9. The van der Waals surface area contributed by atoms with Crippen molar-refractivity contribution >= 4 is 15.9 Å². The summed E-state index contributed by atoms with van der Waals surface area (Å²) >= 11 is 3.44. The van der Waals surface area contributed by atoms with Crippen LogP contribution in [0.4, 0.5) is 4.39 Å². The van der Waals surface area contributed by atoms with Crippen molar-refractivity contribution in [1.29, 1.82) is 5.26 Å². The van der Waals surface area contributed by atoms with Crippen molar-refractivity contribution in [2.45, 2.75) is 0 Å². The van der Waals surface area contributed by atoms with E-state index in [4.69, 9.17) is 5.26 Å².